The van der Waals surface area contributed by atoms with E-state index in [1.165, 1.54) is 0 Å². The van der Waals surface area contributed by atoms with Gasteiger partial charge in [-0.1, -0.05) is 41.9 Å². The molecular weight excluding hydrogens is 364 g/mol. The van der Waals surface area contributed by atoms with E-state index in [0.29, 0.717) is 23.8 Å². The van der Waals surface area contributed by atoms with Crippen LogP contribution < -0.4 is 5.32 Å². The lowest BCUT2D eigenvalue weighted by molar-refractivity contribution is -0.133. The van der Waals surface area contributed by atoms with Crippen molar-refractivity contribution >= 4 is 34.4 Å². The van der Waals surface area contributed by atoms with Crippen molar-refractivity contribution in [3.63, 3.8) is 0 Å². The van der Waals surface area contributed by atoms with Gasteiger partial charge < -0.3 is 15.2 Å². The van der Waals surface area contributed by atoms with Gasteiger partial charge in [-0.15, -0.1) is 0 Å². The van der Waals surface area contributed by atoms with Crippen molar-refractivity contribution in [2.24, 2.45) is 0 Å². The number of fused-ring (bicyclic) bond motifs is 1. The summed E-state index contributed by atoms with van der Waals surface area (Å²) in [6.45, 7) is 0.906. The van der Waals surface area contributed by atoms with Gasteiger partial charge in [-0.05, 0) is 23.8 Å². The zero-order valence-corrected chi connectivity index (χ0v) is 15.4. The molecule has 27 heavy (non-hydrogen) atoms. The number of imidazole rings is 1. The number of carbonyl (C=O) groups is 2. The number of likely N-dealkylation sites (tertiary alicyclic amines) is 1. The first-order valence-electron chi connectivity index (χ1n) is 8.82. The zero-order chi connectivity index (χ0) is 18.8. The molecule has 4 rings (SSSR count). The van der Waals surface area contributed by atoms with Crippen LogP contribution in [0.2, 0.25) is 5.02 Å². The van der Waals surface area contributed by atoms with Gasteiger partial charge in [-0.25, -0.2) is 4.98 Å². The van der Waals surface area contributed by atoms with Crippen LogP contribution in [0.1, 0.15) is 23.7 Å². The second-order valence-corrected chi connectivity index (χ2v) is 7.14. The Labute approximate surface area is 161 Å². The lowest BCUT2D eigenvalue weighted by Crippen LogP contribution is -2.37. The number of hydrogen-bond donors (Lipinski definition) is 2. The molecule has 1 aliphatic rings. The van der Waals surface area contributed by atoms with Crippen LogP contribution in [0.4, 0.5) is 0 Å². The standard InChI is InChI=1S/C20H19ClN4O2/c21-15-6-7-16-17(9-15)24-18(23-16)10-22-19(26)12-25-11-14(8-20(25)27)13-4-2-1-3-5-13/h1-7,9,14H,8,10-12H2,(H,22,26)(H,23,24). The van der Waals surface area contributed by atoms with Crippen molar-refractivity contribution in [3.05, 3.63) is 64.9 Å². The fraction of sp³-hybridized carbons (Fsp3) is 0.250. The number of rotatable bonds is 5. The van der Waals surface area contributed by atoms with Crippen LogP contribution >= 0.6 is 11.6 Å². The molecule has 1 saturated heterocycles. The number of nitrogens with zero attached hydrogens (tertiary/aromatic N) is 2. The fourth-order valence-electron chi connectivity index (χ4n) is 3.40. The number of aromatic nitrogens is 2. The van der Waals surface area contributed by atoms with E-state index in [1.54, 1.807) is 17.0 Å². The highest BCUT2D eigenvalue weighted by Crippen LogP contribution is 2.27. The van der Waals surface area contributed by atoms with E-state index in [4.69, 9.17) is 11.6 Å². The summed E-state index contributed by atoms with van der Waals surface area (Å²) in [6, 6.07) is 15.3. The Morgan fingerprint density at radius 1 is 1.26 bits per heavy atom. The molecule has 0 radical (unpaired) electrons. The van der Waals surface area contributed by atoms with Crippen LogP contribution in [0.15, 0.2) is 48.5 Å². The van der Waals surface area contributed by atoms with E-state index in [2.05, 4.69) is 15.3 Å². The quantitative estimate of drug-likeness (QED) is 0.712. The third-order valence-electron chi connectivity index (χ3n) is 4.77. The lowest BCUT2D eigenvalue weighted by Gasteiger charge is -2.16. The van der Waals surface area contributed by atoms with Crippen LogP contribution in [0, 0.1) is 0 Å². The van der Waals surface area contributed by atoms with E-state index in [1.807, 2.05) is 36.4 Å². The minimum atomic E-state index is -0.199. The highest BCUT2D eigenvalue weighted by molar-refractivity contribution is 6.31. The van der Waals surface area contributed by atoms with Crippen molar-refractivity contribution in [2.45, 2.75) is 18.9 Å². The number of benzene rings is 2. The average molecular weight is 383 g/mol. The van der Waals surface area contributed by atoms with Crippen LogP contribution in [0.5, 0.6) is 0 Å². The number of H-pyrrole nitrogens is 1. The Morgan fingerprint density at radius 2 is 2.07 bits per heavy atom. The molecule has 0 bridgehead atoms. The molecule has 0 spiro atoms. The van der Waals surface area contributed by atoms with E-state index in [-0.39, 0.29) is 30.8 Å². The van der Waals surface area contributed by atoms with Gasteiger partial charge in [0.1, 0.15) is 5.82 Å². The van der Waals surface area contributed by atoms with Gasteiger partial charge in [0.05, 0.1) is 24.1 Å². The van der Waals surface area contributed by atoms with Gasteiger partial charge in [0.15, 0.2) is 0 Å². The number of halogens is 1. The third-order valence-corrected chi connectivity index (χ3v) is 5.00. The summed E-state index contributed by atoms with van der Waals surface area (Å²) in [4.78, 5) is 33.7. The van der Waals surface area contributed by atoms with Crippen molar-refractivity contribution in [1.29, 1.82) is 0 Å². The number of hydrogen-bond acceptors (Lipinski definition) is 3. The molecular formula is C20H19ClN4O2. The topological polar surface area (TPSA) is 78.1 Å². The maximum Gasteiger partial charge on any atom is 0.239 e. The second kappa shape index (κ2) is 7.40. The summed E-state index contributed by atoms with van der Waals surface area (Å²) < 4.78 is 0. The Kier molecular flexibility index (Phi) is 4.81. The molecule has 2 N–H and O–H groups in total. The molecule has 3 aromatic rings. The van der Waals surface area contributed by atoms with Gasteiger partial charge in [-0.3, -0.25) is 9.59 Å². The minimum Gasteiger partial charge on any atom is -0.347 e. The van der Waals surface area contributed by atoms with Crippen LogP contribution in [-0.2, 0) is 16.1 Å². The molecule has 1 fully saturated rings. The van der Waals surface area contributed by atoms with E-state index in [0.717, 1.165) is 16.6 Å². The predicted octanol–water partition coefficient (Wildman–Crippen LogP) is 2.85. The summed E-state index contributed by atoms with van der Waals surface area (Å²) in [5.41, 5.74) is 2.76. The smallest absolute Gasteiger partial charge is 0.239 e. The number of carbonyl (C=O) groups excluding carboxylic acids is 2. The Hall–Kier alpha value is -2.86. The van der Waals surface area contributed by atoms with Crippen molar-refractivity contribution < 1.29 is 9.59 Å². The first-order chi connectivity index (χ1) is 13.1. The van der Waals surface area contributed by atoms with Crippen molar-refractivity contribution in [3.8, 4) is 0 Å². The predicted molar refractivity (Wildman–Crippen MR) is 103 cm³/mol. The number of aromatic amines is 1. The highest BCUT2D eigenvalue weighted by atomic mass is 35.5. The van der Waals surface area contributed by atoms with Gasteiger partial charge in [0.2, 0.25) is 11.8 Å². The maximum atomic E-state index is 12.3. The Balaban J connectivity index is 1.33. The average Bonchev–Trinajstić information content (AvgIpc) is 3.23. The molecule has 1 aliphatic heterocycles. The molecule has 6 nitrogen and oxygen atoms in total. The van der Waals surface area contributed by atoms with Gasteiger partial charge in [0.25, 0.3) is 0 Å². The minimum absolute atomic E-state index is 0.0115. The third kappa shape index (κ3) is 3.95. The molecule has 2 amide bonds. The molecule has 1 unspecified atom stereocenters. The highest BCUT2D eigenvalue weighted by Gasteiger charge is 2.31. The maximum absolute atomic E-state index is 12.3. The normalized spacial score (nSPS) is 16.9. The summed E-state index contributed by atoms with van der Waals surface area (Å²) in [7, 11) is 0. The first-order valence-corrected chi connectivity index (χ1v) is 9.20. The second-order valence-electron chi connectivity index (χ2n) is 6.71. The molecule has 0 saturated carbocycles. The van der Waals surface area contributed by atoms with Crippen molar-refractivity contribution in [1.82, 2.24) is 20.2 Å². The summed E-state index contributed by atoms with van der Waals surface area (Å²) in [6.07, 6.45) is 0.446. The monoisotopic (exact) mass is 382 g/mol. The fourth-order valence-corrected chi connectivity index (χ4v) is 3.58. The molecule has 138 valence electrons. The van der Waals surface area contributed by atoms with E-state index >= 15 is 0 Å². The van der Waals surface area contributed by atoms with Crippen LogP contribution in [0.3, 0.4) is 0 Å². The Morgan fingerprint density at radius 3 is 2.89 bits per heavy atom. The largest absolute Gasteiger partial charge is 0.347 e. The molecule has 2 heterocycles. The van der Waals surface area contributed by atoms with E-state index < -0.39 is 0 Å². The lowest BCUT2D eigenvalue weighted by atomic mass is 9.99. The summed E-state index contributed by atoms with van der Waals surface area (Å²) >= 11 is 5.97. The summed E-state index contributed by atoms with van der Waals surface area (Å²) in [5, 5.41) is 3.44. The summed E-state index contributed by atoms with van der Waals surface area (Å²) in [5.74, 6) is 0.607. The number of amides is 2. The van der Waals surface area contributed by atoms with Crippen LogP contribution in [0.25, 0.3) is 11.0 Å². The van der Waals surface area contributed by atoms with Crippen molar-refractivity contribution in [2.75, 3.05) is 13.1 Å². The van der Waals surface area contributed by atoms with E-state index in [9.17, 15) is 9.59 Å². The first kappa shape index (κ1) is 17.5. The molecule has 2 aromatic carbocycles. The van der Waals surface area contributed by atoms with Gasteiger partial charge in [-0.2, -0.15) is 0 Å². The van der Waals surface area contributed by atoms with Gasteiger partial charge >= 0.3 is 0 Å². The molecule has 0 aliphatic carbocycles. The van der Waals surface area contributed by atoms with Gasteiger partial charge in [0, 0.05) is 23.9 Å². The number of nitrogens with one attached hydrogen (secondary N) is 2. The molecule has 1 aromatic heterocycles. The molecule has 1 atom stereocenters. The van der Waals surface area contributed by atoms with Crippen LogP contribution in [-0.4, -0.2) is 39.8 Å². The molecule has 7 heteroatoms. The zero-order valence-electron chi connectivity index (χ0n) is 14.6. The SMILES string of the molecule is O=C(CN1CC(c2ccccc2)CC1=O)NCc1nc2ccc(Cl)cc2[nH]1. The Bertz CT molecular complexity index is 986.